The summed E-state index contributed by atoms with van der Waals surface area (Å²) in [6, 6.07) is 3.27. The van der Waals surface area contributed by atoms with E-state index in [1.54, 1.807) is 19.1 Å². The third kappa shape index (κ3) is 5.71. The minimum atomic E-state index is -4.82. The van der Waals surface area contributed by atoms with E-state index >= 15 is 0 Å². The zero-order valence-electron chi connectivity index (χ0n) is 19.6. The number of aliphatic hydroxyl groups is 1. The molecule has 4 N–H and O–H groups in total. The molecule has 1 aromatic rings. The Labute approximate surface area is 208 Å². The predicted molar refractivity (Wildman–Crippen MR) is 127 cm³/mol. The van der Waals surface area contributed by atoms with E-state index < -0.39 is 40.9 Å². The van der Waals surface area contributed by atoms with E-state index in [1.165, 1.54) is 11.9 Å². The summed E-state index contributed by atoms with van der Waals surface area (Å²) < 4.78 is 66.6. The number of furan rings is 1. The maximum Gasteiger partial charge on any atom is 0.413 e. The number of alkyl halides is 3. The number of aryl methyl sites for hydroxylation is 1. The lowest BCUT2D eigenvalue weighted by Crippen LogP contribution is -2.52. The molecule has 3 heterocycles. The summed E-state index contributed by atoms with van der Waals surface area (Å²) in [5.74, 6) is -1.39. The molecule has 14 heteroatoms. The molecule has 10 nitrogen and oxygen atoms in total. The van der Waals surface area contributed by atoms with Crippen LogP contribution in [0.5, 0.6) is 0 Å². The van der Waals surface area contributed by atoms with Gasteiger partial charge in [-0.1, -0.05) is 6.08 Å². The van der Waals surface area contributed by atoms with Crippen LogP contribution in [0.2, 0.25) is 0 Å². The molecule has 3 unspecified atom stereocenters. The summed E-state index contributed by atoms with van der Waals surface area (Å²) in [4.78, 5) is 14.5. The number of rotatable bonds is 5. The highest BCUT2D eigenvalue weighted by molar-refractivity contribution is 7.83. The van der Waals surface area contributed by atoms with E-state index in [-0.39, 0.29) is 30.0 Å². The highest BCUT2D eigenvalue weighted by atomic mass is 32.2. The zero-order chi connectivity index (χ0) is 26.0. The van der Waals surface area contributed by atoms with Crippen molar-refractivity contribution >= 4 is 28.8 Å². The Kier molecular flexibility index (Phi) is 7.66. The Balaban J connectivity index is 1.53. The van der Waals surface area contributed by atoms with Crippen molar-refractivity contribution in [1.82, 2.24) is 20.9 Å². The molecule has 3 aliphatic rings. The molecule has 3 atom stereocenters. The molecule has 0 bridgehead atoms. The lowest BCUT2D eigenvalue weighted by molar-refractivity contribution is -0.145. The van der Waals surface area contributed by atoms with Crippen LogP contribution >= 0.6 is 0 Å². The number of nitrogens with zero attached hydrogens (tertiary/aromatic N) is 3. The SMILES string of the molecule is Cc1ccc(CNC2=NS(=O)N=C2NC2=CC=C(C(F)(F)F)C(C(=O)N(C)C3CCNCC3)C2O)o1. The molecule has 0 spiro atoms. The molecule has 4 rings (SSSR count). The fourth-order valence-electron chi connectivity index (χ4n) is 4.33. The lowest BCUT2D eigenvalue weighted by Gasteiger charge is -2.37. The molecule has 36 heavy (non-hydrogen) atoms. The van der Waals surface area contributed by atoms with E-state index in [9.17, 15) is 27.3 Å². The normalized spacial score (nSPS) is 25.0. The molecule has 1 saturated heterocycles. The summed E-state index contributed by atoms with van der Waals surface area (Å²) >= 11 is -1.97. The van der Waals surface area contributed by atoms with Crippen LogP contribution in [0.25, 0.3) is 0 Å². The number of amidine groups is 2. The minimum absolute atomic E-state index is 0.0383. The number of allylic oxidation sites excluding steroid dienone is 2. The van der Waals surface area contributed by atoms with Crippen molar-refractivity contribution in [3.05, 3.63) is 47.1 Å². The number of hydrogen-bond acceptors (Lipinski definition) is 7. The van der Waals surface area contributed by atoms with Gasteiger partial charge in [-0.3, -0.25) is 4.79 Å². The van der Waals surface area contributed by atoms with Gasteiger partial charge in [0.2, 0.25) is 5.91 Å². The van der Waals surface area contributed by atoms with E-state index in [0.29, 0.717) is 37.5 Å². The monoisotopic (exact) mass is 528 g/mol. The van der Waals surface area contributed by atoms with E-state index in [4.69, 9.17) is 4.42 Å². The topological polar surface area (TPSA) is 132 Å². The molecule has 1 aromatic heterocycles. The summed E-state index contributed by atoms with van der Waals surface area (Å²) in [6.45, 7) is 3.26. The average Bonchev–Trinajstić information content (AvgIpc) is 3.41. The number of nitrogens with one attached hydrogen (secondary N) is 3. The molecule has 1 fully saturated rings. The van der Waals surface area contributed by atoms with Gasteiger partial charge >= 0.3 is 6.18 Å². The maximum absolute atomic E-state index is 13.8. The minimum Gasteiger partial charge on any atom is -0.465 e. The first-order valence-electron chi connectivity index (χ1n) is 11.3. The number of carbonyl (C=O) groups is 1. The maximum atomic E-state index is 13.8. The molecule has 2 aliphatic heterocycles. The number of carbonyl (C=O) groups excluding carboxylic acids is 1. The largest absolute Gasteiger partial charge is 0.465 e. The highest BCUT2D eigenvalue weighted by Gasteiger charge is 2.48. The van der Waals surface area contributed by atoms with Crippen molar-refractivity contribution in [2.75, 3.05) is 20.1 Å². The van der Waals surface area contributed by atoms with Crippen molar-refractivity contribution < 1.29 is 31.7 Å². The van der Waals surface area contributed by atoms with E-state index in [1.807, 2.05) is 0 Å². The fourth-order valence-corrected chi connectivity index (χ4v) is 4.96. The van der Waals surface area contributed by atoms with Crippen LogP contribution in [0.15, 0.2) is 48.8 Å². The molecular formula is C22H27F3N6O4S. The van der Waals surface area contributed by atoms with E-state index in [2.05, 4.69) is 24.7 Å². The van der Waals surface area contributed by atoms with Gasteiger partial charge in [0.05, 0.1) is 12.5 Å². The van der Waals surface area contributed by atoms with Gasteiger partial charge in [-0.05, 0) is 51.1 Å². The Morgan fingerprint density at radius 3 is 2.58 bits per heavy atom. The number of aliphatic hydroxyl groups excluding tert-OH is 1. The van der Waals surface area contributed by atoms with Gasteiger partial charge in [-0.2, -0.15) is 13.2 Å². The van der Waals surface area contributed by atoms with Crippen LogP contribution in [0.4, 0.5) is 13.2 Å². The van der Waals surface area contributed by atoms with Crippen LogP contribution in [-0.2, 0) is 22.5 Å². The predicted octanol–water partition coefficient (Wildman–Crippen LogP) is 1.23. The van der Waals surface area contributed by atoms with Crippen molar-refractivity contribution in [1.29, 1.82) is 0 Å². The van der Waals surface area contributed by atoms with Crippen LogP contribution in [-0.4, -0.2) is 70.3 Å². The third-order valence-corrected chi connectivity index (χ3v) is 6.94. The second kappa shape index (κ2) is 10.6. The van der Waals surface area contributed by atoms with Crippen LogP contribution < -0.4 is 16.0 Å². The first-order valence-corrected chi connectivity index (χ1v) is 12.4. The summed E-state index contributed by atoms with van der Waals surface area (Å²) in [6.07, 6.45) is -3.65. The van der Waals surface area contributed by atoms with Crippen LogP contribution in [0, 0.1) is 12.8 Å². The second-order valence-electron chi connectivity index (χ2n) is 8.70. The Bertz CT molecular complexity index is 1150. The molecule has 0 radical (unpaired) electrons. The zero-order valence-corrected chi connectivity index (χ0v) is 20.4. The van der Waals surface area contributed by atoms with Crippen molar-refractivity contribution in [2.24, 2.45) is 14.7 Å². The van der Waals surface area contributed by atoms with Gasteiger partial charge in [0.1, 0.15) is 17.6 Å². The van der Waals surface area contributed by atoms with Crippen LogP contribution in [0.1, 0.15) is 24.4 Å². The number of piperidine rings is 1. The third-order valence-electron chi connectivity index (χ3n) is 6.26. The quantitative estimate of drug-likeness (QED) is 0.452. The lowest BCUT2D eigenvalue weighted by atomic mass is 9.84. The van der Waals surface area contributed by atoms with Crippen molar-refractivity contribution in [3.8, 4) is 0 Å². The molecule has 196 valence electrons. The molecule has 0 saturated carbocycles. The Hall–Kier alpha value is -2.97. The average molecular weight is 529 g/mol. The fraction of sp³-hybridized carbons (Fsp3) is 0.500. The molecule has 0 aromatic carbocycles. The van der Waals surface area contributed by atoms with Crippen molar-refractivity contribution in [3.63, 3.8) is 0 Å². The van der Waals surface area contributed by atoms with Gasteiger partial charge in [0, 0.05) is 24.4 Å². The van der Waals surface area contributed by atoms with Crippen LogP contribution in [0.3, 0.4) is 0 Å². The van der Waals surface area contributed by atoms with Gasteiger partial charge in [0.25, 0.3) is 11.2 Å². The van der Waals surface area contributed by atoms with Gasteiger partial charge in [-0.25, -0.2) is 4.21 Å². The summed E-state index contributed by atoms with van der Waals surface area (Å²) in [7, 11) is 1.46. The number of hydrogen-bond donors (Lipinski definition) is 4. The van der Waals surface area contributed by atoms with Gasteiger partial charge < -0.3 is 30.4 Å². The summed E-state index contributed by atoms with van der Waals surface area (Å²) in [5, 5.41) is 19.7. The Morgan fingerprint density at radius 1 is 1.25 bits per heavy atom. The van der Waals surface area contributed by atoms with Gasteiger partial charge in [0.15, 0.2) is 11.7 Å². The standard InChI is InChI=1S/C22H27F3N6O4S/c1-12-3-4-14(35-12)11-27-19-20(30-36(34)29-19)28-16-6-5-15(22(23,24)25)17(18(16)32)21(33)31(2)13-7-9-26-10-8-13/h3-6,13,17-18,26,32H,7-11H2,1-2H3,(H,27,29)(H,28,30). The van der Waals surface area contributed by atoms with Crippen molar-refractivity contribution in [2.45, 2.75) is 44.6 Å². The molecular weight excluding hydrogens is 501 g/mol. The first-order chi connectivity index (χ1) is 17.0. The summed E-state index contributed by atoms with van der Waals surface area (Å²) in [5.41, 5.74) is -1.23. The van der Waals surface area contributed by atoms with Gasteiger partial charge in [-0.15, -0.1) is 8.80 Å². The number of amides is 1. The smallest absolute Gasteiger partial charge is 0.413 e. The second-order valence-corrected chi connectivity index (χ2v) is 9.52. The highest BCUT2D eigenvalue weighted by Crippen LogP contribution is 2.38. The molecule has 1 aliphatic carbocycles. The Morgan fingerprint density at radius 2 is 1.94 bits per heavy atom. The van der Waals surface area contributed by atoms with E-state index in [0.717, 1.165) is 12.2 Å². The first kappa shape index (κ1) is 26.1. The number of halogens is 3. The molecule has 1 amide bonds.